The summed E-state index contributed by atoms with van der Waals surface area (Å²) >= 11 is -2.11. The molecule has 0 radical (unpaired) electrons. The van der Waals surface area contributed by atoms with Gasteiger partial charge in [0.15, 0.2) is 0 Å². The maximum Gasteiger partial charge on any atom is 0.0323 e. The number of hydrogen-bond acceptors (Lipinski definition) is 2. The summed E-state index contributed by atoms with van der Waals surface area (Å²) in [6, 6.07) is 5.35. The number of hydrogen-bond donors (Lipinski definition) is 0. The lowest BCUT2D eigenvalue weighted by Gasteiger charge is -2.09. The van der Waals surface area contributed by atoms with Crippen LogP contribution in [-0.2, 0) is 17.5 Å². The summed E-state index contributed by atoms with van der Waals surface area (Å²) in [5.41, 5.74) is 1.95. The fourth-order valence-electron chi connectivity index (χ4n) is 1.41. The molecule has 2 nitrogen and oxygen atoms in total. The Balaban J connectivity index is 2.63. The van der Waals surface area contributed by atoms with E-state index in [0.717, 1.165) is 17.5 Å². The molecule has 1 aliphatic rings. The first-order valence-corrected chi connectivity index (χ1v) is 4.74. The molecule has 0 saturated carbocycles. The number of fused-ring (bicyclic) bond motifs is 1. The van der Waals surface area contributed by atoms with Gasteiger partial charge in [0.25, 0.3) is 0 Å². The van der Waals surface area contributed by atoms with Crippen molar-refractivity contribution in [3.63, 3.8) is 0 Å². The molecule has 1 aromatic rings. The molecule has 0 amide bonds. The molecule has 0 fully saturated rings. The Labute approximate surface area is 73.2 Å². The highest BCUT2D eigenvalue weighted by Crippen LogP contribution is 2.24. The Bertz CT molecular complexity index is 369. The first-order valence-electron chi connectivity index (χ1n) is 3.67. The molecule has 3 heteroatoms. The third kappa shape index (κ3) is 1.11. The zero-order valence-corrected chi connectivity index (χ0v) is 7.14. The summed E-state index contributed by atoms with van der Waals surface area (Å²) in [6.45, 7) is 0. The largest absolute Gasteiger partial charge is 0.768 e. The summed E-state index contributed by atoms with van der Waals surface area (Å²) in [5.74, 6) is 0. The van der Waals surface area contributed by atoms with Crippen LogP contribution in [0.4, 0.5) is 0 Å². The van der Waals surface area contributed by atoms with Crippen LogP contribution in [-0.4, -0.2) is 8.76 Å². The Kier molecular flexibility index (Phi) is 1.83. The maximum atomic E-state index is 10.7. The summed E-state index contributed by atoms with van der Waals surface area (Å²) in [6.07, 6.45) is 4.68. The Morgan fingerprint density at radius 3 is 3.00 bits per heavy atom. The van der Waals surface area contributed by atoms with Crippen molar-refractivity contribution >= 4 is 17.2 Å². The lowest BCUT2D eigenvalue weighted by molar-refractivity contribution is 0.537. The Morgan fingerprint density at radius 1 is 1.42 bits per heavy atom. The summed E-state index contributed by atoms with van der Waals surface area (Å²) in [5, 5.41) is 0. The number of benzene rings is 1. The third-order valence-corrected chi connectivity index (χ3v) is 2.67. The molecule has 0 aromatic heterocycles. The van der Waals surface area contributed by atoms with E-state index in [9.17, 15) is 8.76 Å². The van der Waals surface area contributed by atoms with Crippen LogP contribution < -0.4 is 0 Å². The highest BCUT2D eigenvalue weighted by atomic mass is 32.2. The minimum absolute atomic E-state index is 0.404. The lowest BCUT2D eigenvalue weighted by atomic mass is 10.1. The molecule has 1 aromatic carbocycles. The van der Waals surface area contributed by atoms with E-state index in [1.165, 1.54) is 0 Å². The zero-order valence-electron chi connectivity index (χ0n) is 6.32. The van der Waals surface area contributed by atoms with Crippen LogP contribution in [0.2, 0.25) is 0 Å². The monoisotopic (exact) mass is 179 g/mol. The molecule has 1 unspecified atom stereocenters. The molecule has 0 bridgehead atoms. The van der Waals surface area contributed by atoms with E-state index in [2.05, 4.69) is 0 Å². The quantitative estimate of drug-likeness (QED) is 0.613. The van der Waals surface area contributed by atoms with Crippen molar-refractivity contribution in [2.45, 2.75) is 11.3 Å². The average molecular weight is 179 g/mol. The van der Waals surface area contributed by atoms with Crippen LogP contribution in [0.25, 0.3) is 6.08 Å². The highest BCUT2D eigenvalue weighted by Gasteiger charge is 2.08. The molecule has 0 spiro atoms. The molecule has 0 aliphatic heterocycles. The molecular formula is C9H7O2S-. The minimum atomic E-state index is -2.11. The van der Waals surface area contributed by atoms with Gasteiger partial charge >= 0.3 is 0 Å². The van der Waals surface area contributed by atoms with Crippen molar-refractivity contribution < 1.29 is 8.76 Å². The van der Waals surface area contributed by atoms with Gasteiger partial charge in [0.1, 0.15) is 0 Å². The number of rotatable bonds is 1. The Hall–Kier alpha value is -0.930. The van der Waals surface area contributed by atoms with E-state index in [-0.39, 0.29) is 0 Å². The molecular weight excluding hydrogens is 172 g/mol. The van der Waals surface area contributed by atoms with Crippen molar-refractivity contribution in [1.82, 2.24) is 0 Å². The predicted octanol–water partition coefficient (Wildman–Crippen LogP) is 1.49. The summed E-state index contributed by atoms with van der Waals surface area (Å²) in [7, 11) is 0. The second-order valence-corrected chi connectivity index (χ2v) is 3.58. The Morgan fingerprint density at radius 2 is 2.25 bits per heavy atom. The van der Waals surface area contributed by atoms with E-state index in [0.29, 0.717) is 4.90 Å². The first kappa shape index (κ1) is 7.71. The van der Waals surface area contributed by atoms with Gasteiger partial charge in [-0.1, -0.05) is 24.3 Å². The smallest absolute Gasteiger partial charge is 0.0323 e. The second kappa shape index (κ2) is 2.84. The predicted molar refractivity (Wildman–Crippen MR) is 46.4 cm³/mol. The van der Waals surface area contributed by atoms with Gasteiger partial charge in [-0.05, 0) is 34.7 Å². The van der Waals surface area contributed by atoms with Crippen LogP contribution in [0.15, 0.2) is 29.2 Å². The molecule has 1 aliphatic carbocycles. The molecule has 0 N–H and O–H groups in total. The van der Waals surface area contributed by atoms with Crippen LogP contribution in [0.3, 0.4) is 0 Å². The van der Waals surface area contributed by atoms with Gasteiger partial charge < -0.3 is 4.55 Å². The normalized spacial score (nSPS) is 16.1. The van der Waals surface area contributed by atoms with Crippen molar-refractivity contribution in [2.24, 2.45) is 0 Å². The molecule has 0 heterocycles. The van der Waals surface area contributed by atoms with Crippen LogP contribution >= 0.6 is 0 Å². The van der Waals surface area contributed by atoms with Gasteiger partial charge in [-0.15, -0.1) is 0 Å². The average Bonchev–Trinajstić information content (AvgIpc) is 2.49. The highest BCUT2D eigenvalue weighted by molar-refractivity contribution is 7.79. The van der Waals surface area contributed by atoms with Crippen LogP contribution in [0, 0.1) is 0 Å². The lowest BCUT2D eigenvalue weighted by Crippen LogP contribution is -1.93. The molecule has 62 valence electrons. The third-order valence-electron chi connectivity index (χ3n) is 1.96. The van der Waals surface area contributed by atoms with Crippen molar-refractivity contribution in [2.75, 3.05) is 0 Å². The molecule has 12 heavy (non-hydrogen) atoms. The fraction of sp³-hybridized carbons (Fsp3) is 0.111. The van der Waals surface area contributed by atoms with Gasteiger partial charge in [-0.2, -0.15) is 0 Å². The second-order valence-electron chi connectivity index (χ2n) is 2.67. The summed E-state index contributed by atoms with van der Waals surface area (Å²) < 4.78 is 21.5. The van der Waals surface area contributed by atoms with Gasteiger partial charge in [0, 0.05) is 4.90 Å². The standard InChI is InChI=1S/C9H8O2S/c10-12(11)9-6-2-4-7-3-1-5-8(7)9/h1-2,4-6H,3H2,(H,10,11)/p-1. The van der Waals surface area contributed by atoms with Crippen molar-refractivity contribution in [1.29, 1.82) is 0 Å². The van der Waals surface area contributed by atoms with Gasteiger partial charge in [-0.3, -0.25) is 4.21 Å². The van der Waals surface area contributed by atoms with E-state index < -0.39 is 11.1 Å². The topological polar surface area (TPSA) is 40.1 Å². The van der Waals surface area contributed by atoms with E-state index in [4.69, 9.17) is 0 Å². The number of allylic oxidation sites excluding steroid dienone is 1. The van der Waals surface area contributed by atoms with E-state index in [1.807, 2.05) is 18.2 Å². The van der Waals surface area contributed by atoms with Gasteiger partial charge in [-0.25, -0.2) is 0 Å². The fourth-order valence-corrected chi connectivity index (χ4v) is 1.97. The SMILES string of the molecule is O=S([O-])c1cccc2c1C=CC2. The van der Waals surface area contributed by atoms with Gasteiger partial charge in [0.05, 0.1) is 0 Å². The van der Waals surface area contributed by atoms with Crippen LogP contribution in [0.5, 0.6) is 0 Å². The minimum Gasteiger partial charge on any atom is -0.768 e. The molecule has 0 saturated heterocycles. The van der Waals surface area contributed by atoms with E-state index in [1.54, 1.807) is 12.1 Å². The van der Waals surface area contributed by atoms with Crippen LogP contribution in [0.1, 0.15) is 11.1 Å². The van der Waals surface area contributed by atoms with Crippen molar-refractivity contribution in [3.05, 3.63) is 35.4 Å². The van der Waals surface area contributed by atoms with E-state index >= 15 is 0 Å². The first-order chi connectivity index (χ1) is 5.79. The molecule has 1 atom stereocenters. The summed E-state index contributed by atoms with van der Waals surface area (Å²) in [4.78, 5) is 0.404. The van der Waals surface area contributed by atoms with Gasteiger partial charge in [0.2, 0.25) is 0 Å². The maximum absolute atomic E-state index is 10.7. The van der Waals surface area contributed by atoms with Crippen molar-refractivity contribution in [3.8, 4) is 0 Å². The molecule has 2 rings (SSSR count). The zero-order chi connectivity index (χ0) is 8.55.